The van der Waals surface area contributed by atoms with Crippen LogP contribution in [-0.4, -0.2) is 35.6 Å². The number of hydrazine groups is 1. The third-order valence-corrected chi connectivity index (χ3v) is 3.70. The van der Waals surface area contributed by atoms with E-state index in [4.69, 9.17) is 0 Å². The highest BCUT2D eigenvalue weighted by Crippen LogP contribution is 2.11. The summed E-state index contributed by atoms with van der Waals surface area (Å²) >= 11 is 0. The SMILES string of the molecule is C=C(C)C(=O)N(CCCC)N(CCCCC)CCCCC. The Morgan fingerprint density at radius 3 is 1.67 bits per heavy atom. The van der Waals surface area contributed by atoms with Crippen LogP contribution < -0.4 is 0 Å². The van der Waals surface area contributed by atoms with Crippen molar-refractivity contribution in [2.75, 3.05) is 19.6 Å². The Morgan fingerprint density at radius 2 is 1.29 bits per heavy atom. The second-order valence-corrected chi connectivity index (χ2v) is 5.93. The zero-order valence-electron chi connectivity index (χ0n) is 14.8. The van der Waals surface area contributed by atoms with E-state index in [0.717, 1.165) is 45.3 Å². The van der Waals surface area contributed by atoms with Crippen LogP contribution in [-0.2, 0) is 4.79 Å². The predicted molar refractivity (Wildman–Crippen MR) is 92.1 cm³/mol. The number of carbonyl (C=O) groups is 1. The maximum atomic E-state index is 12.4. The molecule has 0 aliphatic rings. The van der Waals surface area contributed by atoms with E-state index in [1.165, 1.54) is 25.7 Å². The molecule has 3 heteroatoms. The Morgan fingerprint density at radius 1 is 0.810 bits per heavy atom. The second-order valence-electron chi connectivity index (χ2n) is 5.93. The van der Waals surface area contributed by atoms with Crippen molar-refractivity contribution >= 4 is 5.91 Å². The fraction of sp³-hybridized carbons (Fsp3) is 0.833. The van der Waals surface area contributed by atoms with Crippen molar-refractivity contribution in [2.45, 2.75) is 79.1 Å². The Kier molecular flexibility index (Phi) is 12.4. The Labute approximate surface area is 132 Å². The lowest BCUT2D eigenvalue weighted by Crippen LogP contribution is -2.48. The number of hydrogen-bond acceptors (Lipinski definition) is 2. The van der Waals surface area contributed by atoms with E-state index >= 15 is 0 Å². The van der Waals surface area contributed by atoms with Crippen molar-refractivity contribution in [1.29, 1.82) is 0 Å². The molecule has 21 heavy (non-hydrogen) atoms. The summed E-state index contributed by atoms with van der Waals surface area (Å²) in [7, 11) is 0. The van der Waals surface area contributed by atoms with Gasteiger partial charge in [0.05, 0.1) is 0 Å². The highest BCUT2D eigenvalue weighted by Gasteiger charge is 2.20. The van der Waals surface area contributed by atoms with E-state index in [9.17, 15) is 4.79 Å². The molecular formula is C18H36N2O. The lowest BCUT2D eigenvalue weighted by Gasteiger charge is -2.35. The van der Waals surface area contributed by atoms with Crippen molar-refractivity contribution in [1.82, 2.24) is 10.0 Å². The number of amides is 1. The first-order chi connectivity index (χ1) is 10.1. The van der Waals surface area contributed by atoms with Gasteiger partial charge in [-0.25, -0.2) is 5.01 Å². The fourth-order valence-electron chi connectivity index (χ4n) is 2.34. The van der Waals surface area contributed by atoms with Gasteiger partial charge in [-0.3, -0.25) is 9.80 Å². The Bertz CT molecular complexity index is 279. The summed E-state index contributed by atoms with van der Waals surface area (Å²) in [6.07, 6.45) is 9.37. The van der Waals surface area contributed by atoms with Crippen LogP contribution in [0.15, 0.2) is 12.2 Å². The van der Waals surface area contributed by atoms with Crippen molar-refractivity contribution in [3.8, 4) is 0 Å². The summed E-state index contributed by atoms with van der Waals surface area (Å²) in [6, 6.07) is 0. The van der Waals surface area contributed by atoms with Gasteiger partial charge in [-0.2, -0.15) is 0 Å². The minimum absolute atomic E-state index is 0.0939. The van der Waals surface area contributed by atoms with Crippen LogP contribution in [0, 0.1) is 0 Å². The minimum Gasteiger partial charge on any atom is -0.272 e. The van der Waals surface area contributed by atoms with Gasteiger partial charge in [0.25, 0.3) is 5.91 Å². The highest BCUT2D eigenvalue weighted by molar-refractivity contribution is 5.91. The Balaban J connectivity index is 4.76. The molecule has 0 fully saturated rings. The summed E-state index contributed by atoms with van der Waals surface area (Å²) in [4.78, 5) is 12.4. The number of unbranched alkanes of at least 4 members (excludes halogenated alkanes) is 5. The molecular weight excluding hydrogens is 260 g/mol. The smallest absolute Gasteiger partial charge is 0.263 e. The molecule has 0 saturated heterocycles. The molecule has 124 valence electrons. The third kappa shape index (κ3) is 8.92. The lowest BCUT2D eigenvalue weighted by molar-refractivity contribution is -0.145. The van der Waals surface area contributed by atoms with Gasteiger partial charge in [0.2, 0.25) is 0 Å². The minimum atomic E-state index is 0.0939. The predicted octanol–water partition coefficient (Wildman–Crippen LogP) is 4.79. The summed E-state index contributed by atoms with van der Waals surface area (Å²) in [5.41, 5.74) is 0.641. The van der Waals surface area contributed by atoms with Crippen molar-refractivity contribution < 1.29 is 4.79 Å². The zero-order chi connectivity index (χ0) is 16.1. The van der Waals surface area contributed by atoms with E-state index in [-0.39, 0.29) is 5.91 Å². The number of carbonyl (C=O) groups excluding carboxylic acids is 1. The average molecular weight is 296 g/mol. The molecule has 0 rings (SSSR count). The molecule has 0 N–H and O–H groups in total. The molecule has 0 radical (unpaired) electrons. The largest absolute Gasteiger partial charge is 0.272 e. The van der Waals surface area contributed by atoms with Gasteiger partial charge in [-0.1, -0.05) is 59.5 Å². The molecule has 0 saturated carbocycles. The molecule has 0 aliphatic carbocycles. The van der Waals surface area contributed by atoms with Gasteiger partial charge in [0.15, 0.2) is 0 Å². The summed E-state index contributed by atoms with van der Waals surface area (Å²) in [5.74, 6) is 0.0939. The van der Waals surface area contributed by atoms with Gasteiger partial charge in [0, 0.05) is 25.2 Å². The quantitative estimate of drug-likeness (QED) is 0.277. The molecule has 3 nitrogen and oxygen atoms in total. The van der Waals surface area contributed by atoms with Crippen LogP contribution in [0.2, 0.25) is 0 Å². The fourth-order valence-corrected chi connectivity index (χ4v) is 2.34. The monoisotopic (exact) mass is 296 g/mol. The molecule has 0 aromatic heterocycles. The van der Waals surface area contributed by atoms with E-state index in [2.05, 4.69) is 32.4 Å². The highest BCUT2D eigenvalue weighted by atomic mass is 16.2. The zero-order valence-corrected chi connectivity index (χ0v) is 14.8. The second kappa shape index (κ2) is 12.9. The van der Waals surface area contributed by atoms with Crippen molar-refractivity contribution in [2.24, 2.45) is 0 Å². The summed E-state index contributed by atoms with van der Waals surface area (Å²) in [6.45, 7) is 15.1. The topological polar surface area (TPSA) is 23.6 Å². The summed E-state index contributed by atoms with van der Waals surface area (Å²) in [5, 5.41) is 4.23. The van der Waals surface area contributed by atoms with E-state index in [0.29, 0.717) is 5.57 Å². The number of hydrogen-bond donors (Lipinski definition) is 0. The standard InChI is InChI=1S/C18H36N2O/c1-6-9-12-14-19(15-13-10-7-2)20(16-11-8-3)18(21)17(4)5/h4,6-16H2,1-3,5H3. The normalized spacial score (nSPS) is 10.9. The van der Waals surface area contributed by atoms with Crippen LogP contribution in [0.5, 0.6) is 0 Å². The van der Waals surface area contributed by atoms with Gasteiger partial charge in [-0.15, -0.1) is 0 Å². The van der Waals surface area contributed by atoms with Crippen LogP contribution >= 0.6 is 0 Å². The van der Waals surface area contributed by atoms with Gasteiger partial charge < -0.3 is 0 Å². The maximum Gasteiger partial charge on any atom is 0.263 e. The van der Waals surface area contributed by atoms with E-state index in [1.54, 1.807) is 0 Å². The Hall–Kier alpha value is -0.830. The molecule has 0 unspecified atom stereocenters. The molecule has 0 aromatic carbocycles. The van der Waals surface area contributed by atoms with Crippen LogP contribution in [0.25, 0.3) is 0 Å². The molecule has 0 aromatic rings. The van der Waals surface area contributed by atoms with Gasteiger partial charge in [0.1, 0.15) is 0 Å². The third-order valence-electron chi connectivity index (χ3n) is 3.70. The first kappa shape index (κ1) is 20.2. The molecule has 1 amide bonds. The first-order valence-electron chi connectivity index (χ1n) is 8.80. The lowest BCUT2D eigenvalue weighted by atomic mass is 10.2. The van der Waals surface area contributed by atoms with Crippen LogP contribution in [0.4, 0.5) is 0 Å². The number of rotatable bonds is 13. The number of nitrogens with zero attached hydrogens (tertiary/aromatic N) is 2. The van der Waals surface area contributed by atoms with Crippen molar-refractivity contribution in [3.63, 3.8) is 0 Å². The van der Waals surface area contributed by atoms with E-state index in [1.807, 2.05) is 11.9 Å². The molecule has 0 heterocycles. The molecule has 0 spiro atoms. The molecule has 0 aliphatic heterocycles. The van der Waals surface area contributed by atoms with Crippen LogP contribution in [0.1, 0.15) is 79.1 Å². The molecule has 0 bridgehead atoms. The maximum absolute atomic E-state index is 12.4. The summed E-state index contributed by atoms with van der Waals surface area (Å²) < 4.78 is 0. The average Bonchev–Trinajstić information content (AvgIpc) is 2.47. The van der Waals surface area contributed by atoms with Gasteiger partial charge in [-0.05, 0) is 26.2 Å². The van der Waals surface area contributed by atoms with Gasteiger partial charge >= 0.3 is 0 Å². The first-order valence-corrected chi connectivity index (χ1v) is 8.80. The van der Waals surface area contributed by atoms with E-state index < -0.39 is 0 Å². The van der Waals surface area contributed by atoms with Crippen molar-refractivity contribution in [3.05, 3.63) is 12.2 Å². The van der Waals surface area contributed by atoms with Crippen LogP contribution in [0.3, 0.4) is 0 Å². The molecule has 0 atom stereocenters.